The first-order valence-corrected chi connectivity index (χ1v) is 10.3. The molecule has 1 heterocycles. The van der Waals surface area contributed by atoms with Gasteiger partial charge < -0.3 is 15.4 Å². The van der Waals surface area contributed by atoms with Gasteiger partial charge in [-0.1, -0.05) is 19.1 Å². The van der Waals surface area contributed by atoms with Gasteiger partial charge in [-0.2, -0.15) is 0 Å². The van der Waals surface area contributed by atoms with Gasteiger partial charge in [-0.15, -0.1) is 0 Å². The number of rotatable bonds is 5. The highest BCUT2D eigenvalue weighted by molar-refractivity contribution is 6.09. The molecule has 1 spiro atoms. The minimum Gasteiger partial charge on any atom is -0.451 e. The number of imide groups is 1. The van der Waals surface area contributed by atoms with Crippen LogP contribution < -0.4 is 10.6 Å². The molecule has 2 fully saturated rings. The first kappa shape index (κ1) is 21.8. The van der Waals surface area contributed by atoms with E-state index in [1.54, 1.807) is 0 Å². The first-order chi connectivity index (χ1) is 14.1. The Kier molecular flexibility index (Phi) is 6.14. The van der Waals surface area contributed by atoms with Crippen LogP contribution in [-0.4, -0.2) is 46.9 Å². The summed E-state index contributed by atoms with van der Waals surface area (Å²) in [5, 5.41) is 5.51. The standard InChI is InChI=1S/C22H29N3O5/c1-13-7-9-22(10-8-13)20(28)25(21(29)24-22)12-18(26)30-16(4)19(27)23-17-11-14(2)5-6-15(17)3/h5-6,11,13,16H,7-10,12H2,1-4H3,(H,23,27)(H,24,29). The van der Waals surface area contributed by atoms with Gasteiger partial charge in [-0.3, -0.25) is 19.3 Å². The molecule has 1 unspecified atom stereocenters. The average molecular weight is 415 g/mol. The summed E-state index contributed by atoms with van der Waals surface area (Å²) in [5.74, 6) is -1.16. The molecule has 1 aliphatic carbocycles. The van der Waals surface area contributed by atoms with E-state index in [-0.39, 0.29) is 5.91 Å². The number of hydrogen-bond donors (Lipinski definition) is 2. The van der Waals surface area contributed by atoms with Gasteiger partial charge in [0.15, 0.2) is 6.10 Å². The molecule has 1 aromatic rings. The van der Waals surface area contributed by atoms with Gasteiger partial charge in [0.2, 0.25) is 0 Å². The van der Waals surface area contributed by atoms with Gasteiger partial charge >= 0.3 is 12.0 Å². The van der Waals surface area contributed by atoms with Crippen LogP contribution in [0.5, 0.6) is 0 Å². The van der Waals surface area contributed by atoms with Crippen molar-refractivity contribution in [2.24, 2.45) is 5.92 Å². The lowest BCUT2D eigenvalue weighted by atomic mass is 9.77. The minimum absolute atomic E-state index is 0.385. The number of nitrogens with zero attached hydrogens (tertiary/aromatic N) is 1. The van der Waals surface area contributed by atoms with Crippen LogP contribution in [0, 0.1) is 19.8 Å². The largest absolute Gasteiger partial charge is 0.451 e. The van der Waals surface area contributed by atoms with E-state index in [0.29, 0.717) is 24.4 Å². The van der Waals surface area contributed by atoms with Crippen molar-refractivity contribution in [2.45, 2.75) is 65.0 Å². The van der Waals surface area contributed by atoms with E-state index in [9.17, 15) is 19.2 Å². The zero-order valence-corrected chi connectivity index (χ0v) is 17.9. The second-order valence-electron chi connectivity index (χ2n) is 8.53. The van der Waals surface area contributed by atoms with Gasteiger partial charge in [0.05, 0.1) is 0 Å². The van der Waals surface area contributed by atoms with Gasteiger partial charge in [0, 0.05) is 5.69 Å². The summed E-state index contributed by atoms with van der Waals surface area (Å²) in [6, 6.07) is 5.08. The molecule has 162 valence electrons. The zero-order chi connectivity index (χ0) is 22.1. The van der Waals surface area contributed by atoms with Crippen molar-refractivity contribution in [3.63, 3.8) is 0 Å². The number of aryl methyl sites for hydroxylation is 2. The number of esters is 1. The van der Waals surface area contributed by atoms with Crippen molar-refractivity contribution in [3.8, 4) is 0 Å². The number of urea groups is 1. The molecule has 2 aliphatic rings. The number of amides is 4. The topological polar surface area (TPSA) is 105 Å². The fourth-order valence-corrected chi connectivity index (χ4v) is 3.94. The van der Waals surface area contributed by atoms with E-state index in [0.717, 1.165) is 28.9 Å². The molecule has 4 amide bonds. The monoisotopic (exact) mass is 415 g/mol. The highest BCUT2D eigenvalue weighted by atomic mass is 16.5. The zero-order valence-electron chi connectivity index (χ0n) is 17.9. The van der Waals surface area contributed by atoms with Crippen LogP contribution >= 0.6 is 0 Å². The quantitative estimate of drug-likeness (QED) is 0.568. The molecule has 1 aliphatic heterocycles. The van der Waals surface area contributed by atoms with Crippen molar-refractivity contribution in [2.75, 3.05) is 11.9 Å². The predicted molar refractivity (Wildman–Crippen MR) is 111 cm³/mol. The lowest BCUT2D eigenvalue weighted by Gasteiger charge is -2.33. The average Bonchev–Trinajstić information content (AvgIpc) is 2.91. The Morgan fingerprint density at radius 2 is 1.93 bits per heavy atom. The smallest absolute Gasteiger partial charge is 0.327 e. The van der Waals surface area contributed by atoms with Crippen molar-refractivity contribution in [1.82, 2.24) is 10.2 Å². The minimum atomic E-state index is -1.07. The van der Waals surface area contributed by atoms with Crippen LogP contribution in [0.15, 0.2) is 18.2 Å². The van der Waals surface area contributed by atoms with E-state index >= 15 is 0 Å². The predicted octanol–water partition coefficient (Wildman–Crippen LogP) is 2.67. The summed E-state index contributed by atoms with van der Waals surface area (Å²) < 4.78 is 5.18. The van der Waals surface area contributed by atoms with Crippen LogP contribution in [0.1, 0.15) is 50.7 Å². The highest BCUT2D eigenvalue weighted by Crippen LogP contribution is 2.36. The highest BCUT2D eigenvalue weighted by Gasteiger charge is 2.52. The van der Waals surface area contributed by atoms with Crippen LogP contribution in [-0.2, 0) is 19.1 Å². The molecule has 0 radical (unpaired) electrons. The normalized spacial score (nSPS) is 24.5. The summed E-state index contributed by atoms with van der Waals surface area (Å²) in [6.45, 7) is 6.84. The first-order valence-electron chi connectivity index (χ1n) is 10.3. The number of benzene rings is 1. The Morgan fingerprint density at radius 1 is 1.27 bits per heavy atom. The second kappa shape index (κ2) is 8.45. The molecule has 0 aromatic heterocycles. The lowest BCUT2D eigenvalue weighted by Crippen LogP contribution is -2.49. The van der Waals surface area contributed by atoms with Crippen LogP contribution in [0.4, 0.5) is 10.5 Å². The van der Waals surface area contributed by atoms with E-state index < -0.39 is 36.1 Å². The Balaban J connectivity index is 1.57. The van der Waals surface area contributed by atoms with E-state index in [1.165, 1.54) is 6.92 Å². The maximum atomic E-state index is 12.8. The van der Waals surface area contributed by atoms with E-state index in [2.05, 4.69) is 17.6 Å². The molecule has 1 saturated carbocycles. The number of anilines is 1. The van der Waals surface area contributed by atoms with E-state index in [4.69, 9.17) is 4.74 Å². The fraction of sp³-hybridized carbons (Fsp3) is 0.545. The molecule has 1 aromatic carbocycles. The number of carbonyl (C=O) groups is 4. The summed E-state index contributed by atoms with van der Waals surface area (Å²) >= 11 is 0. The van der Waals surface area contributed by atoms with Crippen molar-refractivity contribution in [1.29, 1.82) is 0 Å². The molecule has 1 saturated heterocycles. The molecule has 0 bridgehead atoms. The Morgan fingerprint density at radius 3 is 2.60 bits per heavy atom. The molecule has 2 N–H and O–H groups in total. The van der Waals surface area contributed by atoms with Crippen molar-refractivity contribution >= 4 is 29.5 Å². The molecule has 1 atom stereocenters. The molecular weight excluding hydrogens is 386 g/mol. The molecule has 8 heteroatoms. The third kappa shape index (κ3) is 4.47. The summed E-state index contributed by atoms with van der Waals surface area (Å²) in [4.78, 5) is 50.8. The second-order valence-corrected chi connectivity index (χ2v) is 8.53. The Labute approximate surface area is 176 Å². The lowest BCUT2D eigenvalue weighted by molar-refractivity contribution is -0.155. The van der Waals surface area contributed by atoms with Crippen molar-refractivity contribution < 1.29 is 23.9 Å². The van der Waals surface area contributed by atoms with Gasteiger partial charge in [-0.25, -0.2) is 4.79 Å². The van der Waals surface area contributed by atoms with Crippen molar-refractivity contribution in [3.05, 3.63) is 29.3 Å². The number of carbonyl (C=O) groups excluding carboxylic acids is 4. The maximum absolute atomic E-state index is 12.8. The van der Waals surface area contributed by atoms with Crippen LogP contribution in [0.3, 0.4) is 0 Å². The molecule has 3 rings (SSSR count). The number of nitrogens with one attached hydrogen (secondary N) is 2. The SMILES string of the molecule is Cc1ccc(C)c(NC(=O)C(C)OC(=O)CN2C(=O)NC3(CCC(C)CC3)C2=O)c1. The van der Waals surface area contributed by atoms with Crippen LogP contribution in [0.25, 0.3) is 0 Å². The van der Waals surface area contributed by atoms with E-state index in [1.807, 2.05) is 32.0 Å². The summed E-state index contributed by atoms with van der Waals surface area (Å²) in [6.07, 6.45) is 1.76. The molecule has 8 nitrogen and oxygen atoms in total. The Bertz CT molecular complexity index is 874. The molecular formula is C22H29N3O5. The summed E-state index contributed by atoms with van der Waals surface area (Å²) in [7, 11) is 0. The Hall–Kier alpha value is -2.90. The molecule has 30 heavy (non-hydrogen) atoms. The van der Waals surface area contributed by atoms with Crippen LogP contribution in [0.2, 0.25) is 0 Å². The third-order valence-corrected chi connectivity index (χ3v) is 5.99. The fourth-order valence-electron chi connectivity index (χ4n) is 3.94. The number of ether oxygens (including phenoxy) is 1. The maximum Gasteiger partial charge on any atom is 0.327 e. The van der Waals surface area contributed by atoms with Gasteiger partial charge in [-0.05, 0) is 69.6 Å². The summed E-state index contributed by atoms with van der Waals surface area (Å²) in [5.41, 5.74) is 1.62. The van der Waals surface area contributed by atoms with Gasteiger partial charge in [0.1, 0.15) is 12.1 Å². The number of hydrogen-bond acceptors (Lipinski definition) is 5. The third-order valence-electron chi connectivity index (χ3n) is 5.99. The van der Waals surface area contributed by atoms with Gasteiger partial charge in [0.25, 0.3) is 11.8 Å².